The van der Waals surface area contributed by atoms with Gasteiger partial charge in [0, 0.05) is 13.6 Å². The van der Waals surface area contributed by atoms with Gasteiger partial charge in [0.15, 0.2) is 10.8 Å². The average Bonchev–Trinajstić information content (AvgIpc) is 3.29. The van der Waals surface area contributed by atoms with Gasteiger partial charge in [0.2, 0.25) is 5.91 Å². The van der Waals surface area contributed by atoms with Gasteiger partial charge in [-0.15, -0.1) is 0 Å². The van der Waals surface area contributed by atoms with E-state index in [4.69, 9.17) is 4.98 Å². The summed E-state index contributed by atoms with van der Waals surface area (Å²) in [5, 5.41) is 8.23. The third kappa shape index (κ3) is 4.18. The Morgan fingerprint density at radius 3 is 2.53 bits per heavy atom. The Hall–Kier alpha value is -3.26. The number of likely N-dealkylation sites (N-methyl/N-ethyl adjacent to an activating group) is 1. The first-order valence-electron chi connectivity index (χ1n) is 9.56. The van der Waals surface area contributed by atoms with Crippen molar-refractivity contribution in [1.82, 2.24) is 20.1 Å². The van der Waals surface area contributed by atoms with Gasteiger partial charge in [-0.05, 0) is 43.7 Å². The lowest BCUT2D eigenvalue weighted by Crippen LogP contribution is -2.34. The van der Waals surface area contributed by atoms with E-state index in [2.05, 4.69) is 10.4 Å². The maximum Gasteiger partial charge on any atom is 0.239 e. The molecule has 0 fully saturated rings. The van der Waals surface area contributed by atoms with Crippen LogP contribution in [0.5, 0.6) is 0 Å². The molecule has 154 valence electrons. The summed E-state index contributed by atoms with van der Waals surface area (Å²) in [7, 11) is 1.84. The van der Waals surface area contributed by atoms with Gasteiger partial charge in [-0.1, -0.05) is 41.2 Å². The minimum absolute atomic E-state index is 0.127. The van der Waals surface area contributed by atoms with E-state index in [1.165, 1.54) is 29.0 Å². The third-order valence-electron chi connectivity index (χ3n) is 4.77. The molecule has 0 unspecified atom stereocenters. The van der Waals surface area contributed by atoms with Crippen molar-refractivity contribution >= 4 is 32.7 Å². The molecule has 30 heavy (non-hydrogen) atoms. The molecule has 0 saturated heterocycles. The SMILES string of the molecule is Cc1ccc(-n2nc(C)c3sc(N(C)CC(=O)NCc4ccc(F)cc4)nc32)cc1. The first-order valence-corrected chi connectivity index (χ1v) is 10.4. The summed E-state index contributed by atoms with van der Waals surface area (Å²) in [6.07, 6.45) is 0. The lowest BCUT2D eigenvalue weighted by molar-refractivity contribution is -0.119. The average molecular weight is 424 g/mol. The molecular formula is C22H22FN5OS. The number of fused-ring (bicyclic) bond motifs is 1. The van der Waals surface area contributed by atoms with Gasteiger partial charge in [0.1, 0.15) is 5.82 Å². The highest BCUT2D eigenvalue weighted by Gasteiger charge is 2.18. The van der Waals surface area contributed by atoms with E-state index < -0.39 is 0 Å². The Kier molecular flexibility index (Phi) is 5.50. The number of carbonyl (C=O) groups is 1. The predicted molar refractivity (Wildman–Crippen MR) is 118 cm³/mol. The third-order valence-corrected chi connectivity index (χ3v) is 6.03. The second-order valence-electron chi connectivity index (χ2n) is 7.24. The Labute approximate surface area is 178 Å². The molecule has 0 aliphatic rings. The van der Waals surface area contributed by atoms with Crippen molar-refractivity contribution in [2.45, 2.75) is 20.4 Å². The van der Waals surface area contributed by atoms with Crippen molar-refractivity contribution in [2.75, 3.05) is 18.5 Å². The summed E-state index contributed by atoms with van der Waals surface area (Å²) < 4.78 is 15.8. The van der Waals surface area contributed by atoms with Crippen LogP contribution < -0.4 is 10.2 Å². The lowest BCUT2D eigenvalue weighted by Gasteiger charge is -2.15. The highest BCUT2D eigenvalue weighted by Crippen LogP contribution is 2.32. The van der Waals surface area contributed by atoms with Gasteiger partial charge in [-0.2, -0.15) is 10.1 Å². The first-order chi connectivity index (χ1) is 14.4. The highest BCUT2D eigenvalue weighted by atomic mass is 32.1. The normalized spacial score (nSPS) is 11.1. The van der Waals surface area contributed by atoms with Crippen LogP contribution in [0.3, 0.4) is 0 Å². The summed E-state index contributed by atoms with van der Waals surface area (Å²) in [5.74, 6) is -0.418. The smallest absolute Gasteiger partial charge is 0.239 e. The fraction of sp³-hybridized carbons (Fsp3) is 0.227. The second kappa shape index (κ2) is 8.23. The van der Waals surface area contributed by atoms with Crippen molar-refractivity contribution in [2.24, 2.45) is 0 Å². The maximum absolute atomic E-state index is 13.0. The van der Waals surface area contributed by atoms with Gasteiger partial charge in [-0.25, -0.2) is 9.07 Å². The Balaban J connectivity index is 1.47. The topological polar surface area (TPSA) is 63.1 Å². The van der Waals surface area contributed by atoms with E-state index >= 15 is 0 Å². The molecule has 0 bridgehead atoms. The molecule has 6 nitrogen and oxygen atoms in total. The minimum Gasteiger partial charge on any atom is -0.350 e. The number of aromatic nitrogens is 3. The number of hydrogen-bond donors (Lipinski definition) is 1. The molecule has 2 aromatic heterocycles. The van der Waals surface area contributed by atoms with E-state index in [9.17, 15) is 9.18 Å². The van der Waals surface area contributed by atoms with Crippen LogP contribution in [0, 0.1) is 19.7 Å². The number of aryl methyl sites for hydroxylation is 2. The van der Waals surface area contributed by atoms with E-state index in [1.54, 1.807) is 12.1 Å². The number of halogens is 1. The van der Waals surface area contributed by atoms with Crippen molar-refractivity contribution < 1.29 is 9.18 Å². The monoisotopic (exact) mass is 423 g/mol. The zero-order valence-electron chi connectivity index (χ0n) is 17.0. The molecule has 0 atom stereocenters. The molecule has 2 aromatic carbocycles. The number of carbonyl (C=O) groups excluding carboxylic acids is 1. The molecule has 0 saturated carbocycles. The molecule has 0 radical (unpaired) electrons. The highest BCUT2D eigenvalue weighted by molar-refractivity contribution is 7.22. The van der Waals surface area contributed by atoms with Gasteiger partial charge in [0.05, 0.1) is 22.6 Å². The van der Waals surface area contributed by atoms with Crippen LogP contribution in [0.15, 0.2) is 48.5 Å². The number of anilines is 1. The molecule has 1 amide bonds. The van der Waals surface area contributed by atoms with Crippen LogP contribution in [0.25, 0.3) is 16.0 Å². The van der Waals surface area contributed by atoms with Gasteiger partial charge < -0.3 is 10.2 Å². The number of nitrogens with one attached hydrogen (secondary N) is 1. The van der Waals surface area contributed by atoms with Crippen molar-refractivity contribution in [3.8, 4) is 5.69 Å². The number of amides is 1. The summed E-state index contributed by atoms with van der Waals surface area (Å²) in [6.45, 7) is 4.54. The zero-order valence-corrected chi connectivity index (χ0v) is 17.8. The number of nitrogens with zero attached hydrogens (tertiary/aromatic N) is 4. The molecule has 0 spiro atoms. The van der Waals surface area contributed by atoms with Gasteiger partial charge >= 0.3 is 0 Å². The standard InChI is InChI=1S/C22H22FN5OS/c1-14-4-10-18(11-5-14)28-21-20(15(2)26-28)30-22(25-21)27(3)13-19(29)24-12-16-6-8-17(23)9-7-16/h4-11H,12-13H2,1-3H3,(H,24,29). The predicted octanol–water partition coefficient (Wildman–Crippen LogP) is 3.99. The van der Waals surface area contributed by atoms with Crippen molar-refractivity contribution in [1.29, 1.82) is 0 Å². The largest absolute Gasteiger partial charge is 0.350 e. The fourth-order valence-corrected chi connectivity index (χ4v) is 4.04. The maximum atomic E-state index is 13.0. The quantitative estimate of drug-likeness (QED) is 0.509. The summed E-state index contributed by atoms with van der Waals surface area (Å²) in [6, 6.07) is 14.2. The molecule has 0 aliphatic carbocycles. The Morgan fingerprint density at radius 2 is 1.83 bits per heavy atom. The number of rotatable bonds is 6. The lowest BCUT2D eigenvalue weighted by atomic mass is 10.2. The minimum atomic E-state index is -0.292. The number of benzene rings is 2. The summed E-state index contributed by atoms with van der Waals surface area (Å²) >= 11 is 1.52. The van der Waals surface area contributed by atoms with Crippen LogP contribution in [-0.4, -0.2) is 34.3 Å². The molecule has 4 rings (SSSR count). The molecule has 4 aromatic rings. The molecule has 2 heterocycles. The molecule has 8 heteroatoms. The molecule has 0 aliphatic heterocycles. The zero-order chi connectivity index (χ0) is 21.3. The number of hydrogen-bond acceptors (Lipinski definition) is 5. The van der Waals surface area contributed by atoms with E-state index in [0.29, 0.717) is 6.54 Å². The molecular weight excluding hydrogens is 401 g/mol. The number of thiazole rings is 1. The van der Waals surface area contributed by atoms with Crippen molar-refractivity contribution in [3.63, 3.8) is 0 Å². The molecule has 1 N–H and O–H groups in total. The van der Waals surface area contributed by atoms with E-state index in [-0.39, 0.29) is 18.3 Å². The summed E-state index contributed by atoms with van der Waals surface area (Å²) in [5.41, 5.74) is 4.68. The Bertz CT molecular complexity index is 1180. The van der Waals surface area contributed by atoms with Crippen molar-refractivity contribution in [3.05, 3.63) is 71.2 Å². The van der Waals surface area contributed by atoms with Gasteiger partial charge in [0.25, 0.3) is 0 Å². The van der Waals surface area contributed by atoms with Crippen LogP contribution in [0.4, 0.5) is 9.52 Å². The van der Waals surface area contributed by atoms with Crippen LogP contribution in [0.2, 0.25) is 0 Å². The van der Waals surface area contributed by atoms with E-state index in [0.717, 1.165) is 32.4 Å². The van der Waals surface area contributed by atoms with Gasteiger partial charge in [-0.3, -0.25) is 4.79 Å². The second-order valence-corrected chi connectivity index (χ2v) is 8.22. The summed E-state index contributed by atoms with van der Waals surface area (Å²) in [4.78, 5) is 18.9. The van der Waals surface area contributed by atoms with E-state index in [1.807, 2.05) is 54.7 Å². The fourth-order valence-electron chi connectivity index (χ4n) is 3.09. The Morgan fingerprint density at radius 1 is 1.13 bits per heavy atom. The van der Waals surface area contributed by atoms with Crippen LogP contribution in [0.1, 0.15) is 16.8 Å². The first kappa shape index (κ1) is 20.0. The van der Waals surface area contributed by atoms with Crippen LogP contribution in [-0.2, 0) is 11.3 Å². The van der Waals surface area contributed by atoms with Crippen LogP contribution >= 0.6 is 11.3 Å².